The van der Waals surface area contributed by atoms with Crippen LogP contribution in [-0.4, -0.2) is 36.4 Å². The molecule has 0 aliphatic carbocycles. The first-order valence-electron chi connectivity index (χ1n) is 8.18. The van der Waals surface area contributed by atoms with Gasteiger partial charge in [0.15, 0.2) is 0 Å². The molecule has 2 N–H and O–H groups in total. The number of halogens is 1. The highest BCUT2D eigenvalue weighted by atomic mass is 19.1. The average Bonchev–Trinajstić information content (AvgIpc) is 2.86. The number of anilines is 1. The van der Waals surface area contributed by atoms with Crippen LogP contribution in [-0.2, 0) is 15.1 Å². The van der Waals surface area contributed by atoms with Crippen LogP contribution in [0.5, 0.6) is 5.75 Å². The van der Waals surface area contributed by atoms with Crippen LogP contribution in [0.2, 0.25) is 0 Å². The topological polar surface area (TPSA) is 87.7 Å². The van der Waals surface area contributed by atoms with E-state index in [4.69, 9.17) is 4.74 Å². The number of hydrogen-bond donors (Lipinski definition) is 2. The molecule has 3 rings (SSSR count). The fourth-order valence-corrected chi connectivity index (χ4v) is 2.91. The van der Waals surface area contributed by atoms with Crippen LogP contribution in [0.25, 0.3) is 0 Å². The van der Waals surface area contributed by atoms with Crippen molar-refractivity contribution in [2.75, 3.05) is 19.0 Å². The van der Waals surface area contributed by atoms with Crippen LogP contribution >= 0.6 is 0 Å². The third-order valence-electron chi connectivity index (χ3n) is 4.36. The lowest BCUT2D eigenvalue weighted by Gasteiger charge is -2.22. The summed E-state index contributed by atoms with van der Waals surface area (Å²) in [7, 11) is 1.53. The first kappa shape index (κ1) is 18.4. The van der Waals surface area contributed by atoms with E-state index in [1.54, 1.807) is 30.3 Å². The number of nitrogens with one attached hydrogen (secondary N) is 2. The van der Waals surface area contributed by atoms with Gasteiger partial charge in [-0.3, -0.25) is 14.5 Å². The van der Waals surface area contributed by atoms with Gasteiger partial charge < -0.3 is 15.4 Å². The molecule has 140 valence electrons. The molecule has 1 unspecified atom stereocenters. The van der Waals surface area contributed by atoms with E-state index in [1.165, 1.54) is 32.2 Å². The van der Waals surface area contributed by atoms with E-state index in [0.717, 1.165) is 4.90 Å². The number of rotatable bonds is 5. The van der Waals surface area contributed by atoms with Gasteiger partial charge in [0, 0.05) is 11.3 Å². The van der Waals surface area contributed by atoms with Gasteiger partial charge in [0.2, 0.25) is 5.91 Å². The van der Waals surface area contributed by atoms with Crippen molar-refractivity contribution in [3.63, 3.8) is 0 Å². The highest BCUT2D eigenvalue weighted by molar-refractivity contribution is 6.10. The number of benzene rings is 2. The van der Waals surface area contributed by atoms with E-state index in [1.807, 2.05) is 0 Å². The molecule has 1 aliphatic heterocycles. The van der Waals surface area contributed by atoms with Gasteiger partial charge in [-0.2, -0.15) is 0 Å². The van der Waals surface area contributed by atoms with Crippen molar-refractivity contribution in [2.24, 2.45) is 0 Å². The predicted octanol–water partition coefficient (Wildman–Crippen LogP) is 2.24. The lowest BCUT2D eigenvalue weighted by atomic mass is 9.91. The van der Waals surface area contributed by atoms with E-state index in [2.05, 4.69) is 10.6 Å². The molecule has 8 heteroatoms. The summed E-state index contributed by atoms with van der Waals surface area (Å²) >= 11 is 0. The second-order valence-corrected chi connectivity index (χ2v) is 6.20. The second-order valence-electron chi connectivity index (χ2n) is 6.20. The molecule has 7 nitrogen and oxygen atoms in total. The van der Waals surface area contributed by atoms with Crippen LogP contribution in [0.4, 0.5) is 14.9 Å². The average molecular weight is 371 g/mol. The van der Waals surface area contributed by atoms with E-state index < -0.39 is 35.7 Å². The van der Waals surface area contributed by atoms with Crippen molar-refractivity contribution in [1.82, 2.24) is 10.2 Å². The van der Waals surface area contributed by atoms with Crippen LogP contribution < -0.4 is 15.4 Å². The minimum atomic E-state index is -1.57. The van der Waals surface area contributed by atoms with Gasteiger partial charge in [0.1, 0.15) is 23.7 Å². The molecule has 1 saturated heterocycles. The molecule has 27 heavy (non-hydrogen) atoms. The smallest absolute Gasteiger partial charge is 0.325 e. The molecule has 2 aromatic rings. The number of carbonyl (C=O) groups is 3. The monoisotopic (exact) mass is 371 g/mol. The maximum atomic E-state index is 14.1. The van der Waals surface area contributed by atoms with Crippen molar-refractivity contribution in [1.29, 1.82) is 0 Å². The molecule has 1 atom stereocenters. The Morgan fingerprint density at radius 1 is 1.19 bits per heavy atom. The maximum Gasteiger partial charge on any atom is 0.325 e. The number of methoxy groups -OCH3 is 1. The molecule has 0 aromatic heterocycles. The second kappa shape index (κ2) is 7.06. The number of urea groups is 1. The third kappa shape index (κ3) is 3.46. The zero-order valence-electron chi connectivity index (χ0n) is 14.8. The summed E-state index contributed by atoms with van der Waals surface area (Å²) in [5.41, 5.74) is -1.03. The molecule has 0 spiro atoms. The van der Waals surface area contributed by atoms with Crippen LogP contribution in [0, 0.1) is 5.82 Å². The summed E-state index contributed by atoms with van der Waals surface area (Å²) < 4.78 is 19.1. The van der Waals surface area contributed by atoms with Gasteiger partial charge in [0.25, 0.3) is 5.91 Å². The van der Waals surface area contributed by atoms with Crippen LogP contribution in [0.3, 0.4) is 0 Å². The van der Waals surface area contributed by atoms with Gasteiger partial charge >= 0.3 is 6.03 Å². The highest BCUT2D eigenvalue weighted by Crippen LogP contribution is 2.30. The number of amides is 4. The summed E-state index contributed by atoms with van der Waals surface area (Å²) in [6, 6.07) is 11.5. The summed E-state index contributed by atoms with van der Waals surface area (Å²) in [5, 5.41) is 5.07. The largest absolute Gasteiger partial charge is 0.497 e. The fraction of sp³-hybridized carbons (Fsp3) is 0.211. The van der Waals surface area contributed by atoms with Gasteiger partial charge in [-0.25, -0.2) is 9.18 Å². The zero-order valence-corrected chi connectivity index (χ0v) is 14.8. The Morgan fingerprint density at radius 2 is 1.85 bits per heavy atom. The predicted molar refractivity (Wildman–Crippen MR) is 95.6 cm³/mol. The maximum absolute atomic E-state index is 14.1. The molecule has 1 aliphatic rings. The molecular weight excluding hydrogens is 353 g/mol. The van der Waals surface area contributed by atoms with Gasteiger partial charge in [-0.15, -0.1) is 0 Å². The number of ether oxygens (including phenoxy) is 1. The van der Waals surface area contributed by atoms with E-state index in [9.17, 15) is 18.8 Å². The minimum Gasteiger partial charge on any atom is -0.497 e. The lowest BCUT2D eigenvalue weighted by molar-refractivity contribution is -0.133. The Hall–Kier alpha value is -3.42. The number of carbonyl (C=O) groups excluding carboxylic acids is 3. The Kier molecular flexibility index (Phi) is 4.81. The van der Waals surface area contributed by atoms with Crippen LogP contribution in [0.15, 0.2) is 48.5 Å². The van der Waals surface area contributed by atoms with Gasteiger partial charge in [-0.1, -0.05) is 18.2 Å². The summed E-state index contributed by atoms with van der Waals surface area (Å²) in [4.78, 5) is 38.0. The van der Waals surface area contributed by atoms with Crippen LogP contribution in [0.1, 0.15) is 12.5 Å². The third-order valence-corrected chi connectivity index (χ3v) is 4.36. The molecule has 4 amide bonds. The zero-order chi connectivity index (χ0) is 19.6. The molecule has 1 heterocycles. The normalized spacial score (nSPS) is 19.0. The number of imide groups is 1. The molecule has 0 bridgehead atoms. The quantitative estimate of drug-likeness (QED) is 0.789. The summed E-state index contributed by atoms with van der Waals surface area (Å²) in [6.45, 7) is 0.924. The Balaban J connectivity index is 1.73. The van der Waals surface area contributed by atoms with E-state index in [-0.39, 0.29) is 5.56 Å². The lowest BCUT2D eigenvalue weighted by Crippen LogP contribution is -2.42. The highest BCUT2D eigenvalue weighted by Gasteiger charge is 2.50. The number of hydrogen-bond acceptors (Lipinski definition) is 4. The summed E-state index contributed by atoms with van der Waals surface area (Å²) in [6.07, 6.45) is 0. The Morgan fingerprint density at radius 3 is 2.48 bits per heavy atom. The summed E-state index contributed by atoms with van der Waals surface area (Å²) in [5.74, 6) is -1.23. The standard InChI is InChI=1S/C19H18FN3O4/c1-19(14-5-3-4-6-15(14)20)17(25)23(18(26)22-19)11-16(24)21-12-7-9-13(27-2)10-8-12/h3-10H,11H2,1-2H3,(H,21,24)(H,22,26). The van der Waals surface area contributed by atoms with Crippen molar-refractivity contribution < 1.29 is 23.5 Å². The molecule has 1 fully saturated rings. The first-order chi connectivity index (χ1) is 12.8. The van der Waals surface area contributed by atoms with Gasteiger partial charge in [0.05, 0.1) is 7.11 Å². The molecule has 2 aromatic carbocycles. The van der Waals surface area contributed by atoms with Crippen molar-refractivity contribution in [2.45, 2.75) is 12.5 Å². The Labute approximate surface area is 155 Å². The molecular formula is C19H18FN3O4. The van der Waals surface area contributed by atoms with E-state index >= 15 is 0 Å². The van der Waals surface area contributed by atoms with Crippen molar-refractivity contribution >= 4 is 23.5 Å². The molecule has 0 radical (unpaired) electrons. The minimum absolute atomic E-state index is 0.0430. The fourth-order valence-electron chi connectivity index (χ4n) is 2.91. The van der Waals surface area contributed by atoms with Crippen molar-refractivity contribution in [3.8, 4) is 5.75 Å². The van der Waals surface area contributed by atoms with Crippen molar-refractivity contribution in [3.05, 3.63) is 59.9 Å². The Bertz CT molecular complexity index is 900. The number of nitrogens with zero attached hydrogens (tertiary/aromatic N) is 1. The van der Waals surface area contributed by atoms with Gasteiger partial charge in [-0.05, 0) is 37.3 Å². The molecule has 0 saturated carbocycles. The van der Waals surface area contributed by atoms with E-state index in [0.29, 0.717) is 11.4 Å². The first-order valence-corrected chi connectivity index (χ1v) is 8.18. The SMILES string of the molecule is COc1ccc(NC(=O)CN2C(=O)NC(C)(c3ccccc3F)C2=O)cc1.